The smallest absolute Gasteiger partial charge is 0.266 e. The van der Waals surface area contributed by atoms with Crippen molar-refractivity contribution in [1.29, 1.82) is 0 Å². The Hall–Kier alpha value is -1.84. The molecule has 0 spiro atoms. The zero-order chi connectivity index (χ0) is 16.3. The third-order valence-corrected chi connectivity index (χ3v) is 5.17. The van der Waals surface area contributed by atoms with Gasteiger partial charge in [-0.05, 0) is 24.3 Å². The first-order valence-electron chi connectivity index (χ1n) is 6.38. The van der Waals surface area contributed by atoms with E-state index >= 15 is 0 Å². The molecule has 22 heavy (non-hydrogen) atoms. The highest BCUT2D eigenvalue weighted by molar-refractivity contribution is 7.92. The third kappa shape index (κ3) is 3.49. The first-order chi connectivity index (χ1) is 10.3. The summed E-state index contributed by atoms with van der Waals surface area (Å²) in [7, 11) is -3.90. The number of aliphatic imine (C=N–C) groups is 1. The molecule has 2 rings (SSSR count). The number of hydrogen-bond acceptors (Lipinski definition) is 7. The van der Waals surface area contributed by atoms with Crippen LogP contribution in [0.25, 0.3) is 0 Å². The first-order valence-corrected chi connectivity index (χ1v) is 9.21. The van der Waals surface area contributed by atoms with E-state index in [0.29, 0.717) is 17.9 Å². The summed E-state index contributed by atoms with van der Waals surface area (Å²) in [5.74, 6) is 4.26. The topological polar surface area (TPSA) is 110 Å². The predicted molar refractivity (Wildman–Crippen MR) is 84.1 cm³/mol. The van der Waals surface area contributed by atoms with Crippen molar-refractivity contribution in [3.63, 3.8) is 0 Å². The second kappa shape index (κ2) is 6.51. The number of Topliss-reactive ketones (excluding diaryl/α,β-unsaturated/α-hetero) is 1. The lowest BCUT2D eigenvalue weighted by molar-refractivity contribution is -0.127. The maximum absolute atomic E-state index is 12.4. The molecule has 0 radical (unpaired) electrons. The van der Waals surface area contributed by atoms with E-state index in [9.17, 15) is 18.0 Å². The molecule has 0 aromatic carbocycles. The maximum Gasteiger partial charge on any atom is 0.266 e. The van der Waals surface area contributed by atoms with E-state index in [1.807, 2.05) is 0 Å². The molecule has 9 heteroatoms. The molecule has 1 aliphatic rings. The fourth-order valence-electron chi connectivity index (χ4n) is 2.00. The number of amides is 1. The summed E-state index contributed by atoms with van der Waals surface area (Å²) in [6.45, 7) is 0. The molecule has 1 aromatic heterocycles. The zero-order valence-electron chi connectivity index (χ0n) is 11.8. The van der Waals surface area contributed by atoms with Gasteiger partial charge in [0, 0.05) is 24.2 Å². The maximum atomic E-state index is 12.4. The molecule has 2 N–H and O–H groups in total. The van der Waals surface area contributed by atoms with E-state index in [1.54, 1.807) is 17.7 Å². The van der Waals surface area contributed by atoms with Crippen LogP contribution in [-0.2, 0) is 14.6 Å². The van der Waals surface area contributed by atoms with Gasteiger partial charge in [0.05, 0.1) is 4.88 Å². The summed E-state index contributed by atoms with van der Waals surface area (Å²) in [5, 5.41) is 0.392. The van der Waals surface area contributed by atoms with Crippen LogP contribution in [0, 0.1) is 0 Å². The number of hydrazine groups is 1. The van der Waals surface area contributed by atoms with E-state index in [0.717, 1.165) is 17.6 Å². The number of carbonyl (C=O) groups is 2. The van der Waals surface area contributed by atoms with E-state index in [-0.39, 0.29) is 10.5 Å². The van der Waals surface area contributed by atoms with Crippen molar-refractivity contribution in [3.8, 4) is 0 Å². The van der Waals surface area contributed by atoms with E-state index in [4.69, 9.17) is 5.84 Å². The highest BCUT2D eigenvalue weighted by atomic mass is 32.2. The van der Waals surface area contributed by atoms with Crippen molar-refractivity contribution in [1.82, 2.24) is 5.01 Å². The molecular weight excluding hydrogens is 326 g/mol. The number of rotatable bonds is 5. The monoisotopic (exact) mass is 341 g/mol. The van der Waals surface area contributed by atoms with Gasteiger partial charge in [0.1, 0.15) is 0 Å². The molecule has 7 nitrogen and oxygen atoms in total. The molecular formula is C13H15N3O4S2. The Balaban J connectivity index is 2.34. The van der Waals surface area contributed by atoms with Crippen LogP contribution >= 0.6 is 11.3 Å². The average molecular weight is 341 g/mol. The molecule has 2 heterocycles. The Kier molecular flexibility index (Phi) is 4.89. The summed E-state index contributed by atoms with van der Waals surface area (Å²) in [6.07, 6.45) is 4.82. The van der Waals surface area contributed by atoms with Crippen LogP contribution in [0.3, 0.4) is 0 Å². The van der Waals surface area contributed by atoms with Gasteiger partial charge < -0.3 is 0 Å². The number of thiophene rings is 1. The minimum absolute atomic E-state index is 0.231. The second-order valence-corrected chi connectivity index (χ2v) is 7.81. The fourth-order valence-corrected chi connectivity index (χ4v) is 3.79. The molecule has 1 aliphatic heterocycles. The number of carbonyl (C=O) groups excluding carboxylic acids is 2. The van der Waals surface area contributed by atoms with Gasteiger partial charge >= 0.3 is 0 Å². The third-order valence-electron chi connectivity index (χ3n) is 3.03. The van der Waals surface area contributed by atoms with Crippen LogP contribution < -0.4 is 5.84 Å². The normalized spacial score (nSPS) is 16.0. The van der Waals surface area contributed by atoms with Crippen LogP contribution in [0.1, 0.15) is 22.5 Å². The number of nitrogens with two attached hydrogens (primary N) is 1. The molecule has 1 amide bonds. The van der Waals surface area contributed by atoms with E-state index < -0.39 is 26.9 Å². The fraction of sp³-hybridized carbons (Fsp3) is 0.308. The molecule has 118 valence electrons. The minimum atomic E-state index is -3.90. The van der Waals surface area contributed by atoms with Crippen molar-refractivity contribution >= 4 is 39.1 Å². The Morgan fingerprint density at radius 1 is 1.45 bits per heavy atom. The van der Waals surface area contributed by atoms with Crippen LogP contribution in [-0.4, -0.2) is 43.0 Å². The van der Waals surface area contributed by atoms with Gasteiger partial charge in [-0.15, -0.1) is 11.3 Å². The number of hydrogen-bond donors (Lipinski definition) is 1. The summed E-state index contributed by atoms with van der Waals surface area (Å²) in [6, 6.07) is 3.12. The van der Waals surface area contributed by atoms with Crippen molar-refractivity contribution < 1.29 is 18.0 Å². The molecule has 0 bridgehead atoms. The van der Waals surface area contributed by atoms with Gasteiger partial charge in [-0.25, -0.2) is 14.3 Å². The van der Waals surface area contributed by atoms with Gasteiger partial charge in [-0.1, -0.05) is 6.07 Å². The lowest BCUT2D eigenvalue weighted by Gasteiger charge is -2.25. The largest absolute Gasteiger partial charge is 0.290 e. The number of sulfone groups is 1. The molecule has 1 atom stereocenters. The van der Waals surface area contributed by atoms with Crippen LogP contribution in [0.15, 0.2) is 34.3 Å². The molecule has 0 saturated heterocycles. The molecule has 0 fully saturated rings. The van der Waals surface area contributed by atoms with Crippen molar-refractivity contribution in [2.45, 2.75) is 18.2 Å². The lowest BCUT2D eigenvalue weighted by atomic mass is 10.1. The Morgan fingerprint density at radius 2 is 2.18 bits per heavy atom. The molecule has 0 aliphatic carbocycles. The van der Waals surface area contributed by atoms with Crippen LogP contribution in [0.2, 0.25) is 0 Å². The van der Waals surface area contributed by atoms with Crippen molar-refractivity contribution in [2.75, 3.05) is 6.26 Å². The minimum Gasteiger partial charge on any atom is -0.290 e. The lowest BCUT2D eigenvalue weighted by Crippen LogP contribution is -2.53. The van der Waals surface area contributed by atoms with Crippen LogP contribution in [0.5, 0.6) is 0 Å². The first kappa shape index (κ1) is 16.5. The highest BCUT2D eigenvalue weighted by Crippen LogP contribution is 2.19. The summed E-state index contributed by atoms with van der Waals surface area (Å²) in [4.78, 5) is 28.8. The highest BCUT2D eigenvalue weighted by Gasteiger charge is 2.38. The summed E-state index contributed by atoms with van der Waals surface area (Å²) < 4.78 is 23.9. The van der Waals surface area contributed by atoms with Gasteiger partial charge in [0.2, 0.25) is 11.2 Å². The SMILES string of the molecule is CS(=O)(=O)C(C(=O)c1cccs1)N(N)C(=O)C1=CN=CCC1. The van der Waals surface area contributed by atoms with Crippen LogP contribution in [0.4, 0.5) is 0 Å². The van der Waals surface area contributed by atoms with Crippen molar-refractivity contribution in [2.24, 2.45) is 10.8 Å². The molecule has 1 unspecified atom stereocenters. The number of ketones is 1. The van der Waals surface area contributed by atoms with E-state index in [1.165, 1.54) is 12.3 Å². The van der Waals surface area contributed by atoms with Gasteiger partial charge in [-0.3, -0.25) is 19.6 Å². The Labute approximate surface area is 132 Å². The predicted octanol–water partition coefficient (Wildman–Crippen LogP) is 0.752. The standard InChI is InChI=1S/C13H15N3O4S2/c1-22(19,20)13(11(17)10-5-3-7-21-10)16(14)12(18)9-4-2-6-15-8-9/h3,5-8,13H,2,4,14H2,1H3. The van der Waals surface area contributed by atoms with E-state index in [2.05, 4.69) is 4.99 Å². The second-order valence-electron chi connectivity index (χ2n) is 4.76. The Morgan fingerprint density at radius 3 is 2.68 bits per heavy atom. The molecule has 0 saturated carbocycles. The molecule has 1 aromatic rings. The summed E-state index contributed by atoms with van der Waals surface area (Å²) in [5.41, 5.74) is 0.276. The average Bonchev–Trinajstić information content (AvgIpc) is 3.00. The van der Waals surface area contributed by atoms with Gasteiger partial charge in [-0.2, -0.15) is 0 Å². The van der Waals surface area contributed by atoms with Gasteiger partial charge in [0.25, 0.3) is 5.91 Å². The number of nitrogens with zero attached hydrogens (tertiary/aromatic N) is 2. The Bertz CT molecular complexity index is 735. The quantitative estimate of drug-likeness (QED) is 0.368. The summed E-state index contributed by atoms with van der Waals surface area (Å²) >= 11 is 1.09. The van der Waals surface area contributed by atoms with Crippen molar-refractivity contribution in [3.05, 3.63) is 34.2 Å². The zero-order valence-corrected chi connectivity index (χ0v) is 13.4. The van der Waals surface area contributed by atoms with Gasteiger partial charge in [0.15, 0.2) is 9.84 Å².